The average molecular weight is 530 g/mol. The van der Waals surface area contributed by atoms with Crippen LogP contribution in [0, 0.1) is 11.8 Å². The molecule has 3 fully saturated rings. The minimum absolute atomic E-state index is 0.198. The first-order valence-electron chi connectivity index (χ1n) is 12.3. The van der Waals surface area contributed by atoms with Gasteiger partial charge in [0.05, 0.1) is 56.6 Å². The van der Waals surface area contributed by atoms with Crippen LogP contribution in [0.15, 0.2) is 44.3 Å². The van der Waals surface area contributed by atoms with Gasteiger partial charge in [0.2, 0.25) is 11.8 Å². The van der Waals surface area contributed by atoms with Crippen LogP contribution in [0.25, 0.3) is 0 Å². The van der Waals surface area contributed by atoms with Gasteiger partial charge in [0, 0.05) is 6.54 Å². The van der Waals surface area contributed by atoms with E-state index in [0.717, 1.165) is 22.3 Å². The molecule has 0 radical (unpaired) electrons. The van der Waals surface area contributed by atoms with E-state index in [2.05, 4.69) is 13.8 Å². The van der Waals surface area contributed by atoms with Crippen molar-refractivity contribution in [2.24, 2.45) is 11.8 Å². The number of ether oxygens (including phenoxy) is 3. The maximum Gasteiger partial charge on any atom is 0.344 e. The molecule has 3 saturated heterocycles. The molecule has 5 heterocycles. The number of fused-ring (bicyclic) bond motifs is 11. The predicted octanol–water partition coefficient (Wildman–Crippen LogP) is 2.90. The van der Waals surface area contributed by atoms with Crippen LogP contribution in [0.4, 0.5) is 0 Å². The summed E-state index contributed by atoms with van der Waals surface area (Å²) in [4.78, 5) is 54.4. The largest absolute Gasteiger partial charge is 0.462 e. The molecule has 2 amide bonds. The fourth-order valence-corrected chi connectivity index (χ4v) is 9.51. The van der Waals surface area contributed by atoms with Gasteiger partial charge in [-0.25, -0.2) is 9.59 Å². The lowest BCUT2D eigenvalue weighted by molar-refractivity contribution is -0.142. The molecule has 10 heteroatoms. The van der Waals surface area contributed by atoms with Gasteiger partial charge in [-0.15, -0.1) is 23.5 Å². The molecular weight excluding hydrogens is 502 g/mol. The summed E-state index contributed by atoms with van der Waals surface area (Å²) in [5, 5.41) is 0. The number of carbonyl (C=O) groups excluding carboxylic acids is 4. The SMILES string of the molecule is CCOC(=O)C1=CC2=C3C(=C4C=C(C(=O)OCC)SC4(C)C2(C)S1)[C@@H]1O[C@H]3[C@H]2C(=O)N(CC)C(=O)[C@H]21. The second kappa shape index (κ2) is 7.85. The fourth-order valence-electron chi connectivity index (χ4n) is 6.58. The monoisotopic (exact) mass is 529 g/mol. The van der Waals surface area contributed by atoms with Gasteiger partial charge in [0.25, 0.3) is 0 Å². The summed E-state index contributed by atoms with van der Waals surface area (Å²) in [6.07, 6.45) is 2.58. The number of imide groups is 1. The van der Waals surface area contributed by atoms with Crippen molar-refractivity contribution in [3.63, 3.8) is 0 Å². The lowest BCUT2D eigenvalue weighted by atomic mass is 9.64. The van der Waals surface area contributed by atoms with E-state index in [1.165, 1.54) is 28.4 Å². The Morgan fingerprint density at radius 2 is 1.28 bits per heavy atom. The number of hydrogen-bond acceptors (Lipinski definition) is 9. The van der Waals surface area contributed by atoms with E-state index >= 15 is 0 Å². The smallest absolute Gasteiger partial charge is 0.344 e. The maximum absolute atomic E-state index is 13.2. The molecule has 6 rings (SSSR count). The summed E-state index contributed by atoms with van der Waals surface area (Å²) in [6.45, 7) is 10.3. The van der Waals surface area contributed by atoms with E-state index < -0.39 is 45.5 Å². The van der Waals surface area contributed by atoms with Gasteiger partial charge in [-0.1, -0.05) is 0 Å². The first kappa shape index (κ1) is 24.1. The van der Waals surface area contributed by atoms with E-state index in [-0.39, 0.29) is 25.0 Å². The van der Waals surface area contributed by atoms with Gasteiger partial charge in [-0.3, -0.25) is 14.5 Å². The van der Waals surface area contributed by atoms with E-state index in [4.69, 9.17) is 14.2 Å². The highest BCUT2D eigenvalue weighted by Gasteiger charge is 2.71. The number of likely N-dealkylation sites (tertiary alicyclic amines) is 1. The van der Waals surface area contributed by atoms with Gasteiger partial charge < -0.3 is 14.2 Å². The number of carbonyl (C=O) groups is 4. The molecule has 36 heavy (non-hydrogen) atoms. The fraction of sp³-hybridized carbons (Fsp3) is 0.538. The molecule has 0 aromatic rings. The molecule has 2 bridgehead atoms. The molecule has 0 N–H and O–H groups in total. The second-order valence-corrected chi connectivity index (χ2v) is 12.8. The summed E-state index contributed by atoms with van der Waals surface area (Å²) < 4.78 is 15.8. The Morgan fingerprint density at radius 1 is 0.861 bits per heavy atom. The second-order valence-electron chi connectivity index (χ2n) is 9.83. The third-order valence-corrected chi connectivity index (χ3v) is 11.5. The van der Waals surface area contributed by atoms with Crippen LogP contribution in [0.5, 0.6) is 0 Å². The summed E-state index contributed by atoms with van der Waals surface area (Å²) in [6, 6.07) is 0. The number of rotatable bonds is 5. The van der Waals surface area contributed by atoms with Crippen molar-refractivity contribution in [1.82, 2.24) is 4.90 Å². The topological polar surface area (TPSA) is 99.2 Å². The predicted molar refractivity (Wildman–Crippen MR) is 134 cm³/mol. The maximum atomic E-state index is 13.2. The Hall–Kier alpha value is -2.30. The molecule has 8 nitrogen and oxygen atoms in total. The molecule has 0 aromatic carbocycles. The Kier molecular flexibility index (Phi) is 5.25. The van der Waals surface area contributed by atoms with Crippen molar-refractivity contribution in [3.8, 4) is 0 Å². The van der Waals surface area contributed by atoms with E-state index in [1.807, 2.05) is 12.2 Å². The first-order chi connectivity index (χ1) is 17.1. The number of amides is 2. The number of thioether (sulfide) groups is 2. The zero-order chi connectivity index (χ0) is 25.7. The molecule has 5 aliphatic heterocycles. The van der Waals surface area contributed by atoms with E-state index in [0.29, 0.717) is 16.4 Å². The third kappa shape index (κ3) is 2.73. The lowest BCUT2D eigenvalue weighted by Crippen LogP contribution is -2.50. The molecule has 190 valence electrons. The lowest BCUT2D eigenvalue weighted by Gasteiger charge is -2.48. The summed E-state index contributed by atoms with van der Waals surface area (Å²) in [5.74, 6) is -2.34. The number of esters is 2. The van der Waals surface area contributed by atoms with E-state index in [9.17, 15) is 19.2 Å². The Morgan fingerprint density at radius 3 is 1.64 bits per heavy atom. The third-order valence-electron chi connectivity index (χ3n) is 8.26. The van der Waals surface area contributed by atoms with Crippen molar-refractivity contribution in [2.45, 2.75) is 56.3 Å². The molecule has 6 aliphatic rings. The van der Waals surface area contributed by atoms with Crippen LogP contribution in [0.2, 0.25) is 0 Å². The molecule has 0 aromatic heterocycles. The highest BCUT2D eigenvalue weighted by molar-refractivity contribution is 8.10. The molecule has 0 saturated carbocycles. The molecule has 2 unspecified atom stereocenters. The molecule has 0 spiro atoms. The minimum Gasteiger partial charge on any atom is -0.462 e. The van der Waals surface area contributed by atoms with Crippen LogP contribution in [-0.4, -0.2) is 70.1 Å². The zero-order valence-corrected chi connectivity index (χ0v) is 22.3. The van der Waals surface area contributed by atoms with Gasteiger partial charge in [-0.05, 0) is 69.1 Å². The van der Waals surface area contributed by atoms with Gasteiger partial charge in [0.15, 0.2) is 0 Å². The number of hydrogen-bond donors (Lipinski definition) is 0. The highest BCUT2D eigenvalue weighted by Crippen LogP contribution is 2.70. The quantitative estimate of drug-likeness (QED) is 0.393. The van der Waals surface area contributed by atoms with Crippen LogP contribution in [-0.2, 0) is 33.4 Å². The van der Waals surface area contributed by atoms with Crippen molar-refractivity contribution >= 4 is 47.3 Å². The van der Waals surface area contributed by atoms with E-state index in [1.54, 1.807) is 20.8 Å². The molecular formula is C26H27NO7S2. The van der Waals surface area contributed by atoms with Crippen molar-refractivity contribution in [1.29, 1.82) is 0 Å². The molecule has 6 atom stereocenters. The number of nitrogens with zero attached hydrogens (tertiary/aromatic N) is 1. The Bertz CT molecular complexity index is 1180. The Labute approximate surface area is 217 Å². The van der Waals surface area contributed by atoms with Crippen LogP contribution in [0.3, 0.4) is 0 Å². The van der Waals surface area contributed by atoms with Gasteiger partial charge >= 0.3 is 11.9 Å². The van der Waals surface area contributed by atoms with Crippen molar-refractivity contribution < 1.29 is 33.4 Å². The summed E-state index contributed by atoms with van der Waals surface area (Å²) in [5.41, 5.74) is 3.57. The van der Waals surface area contributed by atoms with Crippen LogP contribution in [0.1, 0.15) is 34.6 Å². The number of allylic oxidation sites excluding steroid dienone is 2. The normalized spacial score (nSPS) is 37.6. The summed E-state index contributed by atoms with van der Waals surface area (Å²) >= 11 is 2.85. The minimum atomic E-state index is -0.641. The van der Waals surface area contributed by atoms with Crippen LogP contribution >= 0.6 is 23.5 Å². The van der Waals surface area contributed by atoms with Gasteiger partial charge in [-0.2, -0.15) is 0 Å². The average Bonchev–Trinajstić information content (AvgIpc) is 3.61. The van der Waals surface area contributed by atoms with Crippen molar-refractivity contribution in [2.75, 3.05) is 19.8 Å². The highest BCUT2D eigenvalue weighted by atomic mass is 32.2. The summed E-state index contributed by atoms with van der Waals surface area (Å²) in [7, 11) is 0. The van der Waals surface area contributed by atoms with Crippen LogP contribution < -0.4 is 0 Å². The van der Waals surface area contributed by atoms with Gasteiger partial charge in [0.1, 0.15) is 0 Å². The zero-order valence-electron chi connectivity index (χ0n) is 20.7. The van der Waals surface area contributed by atoms with Crippen molar-refractivity contribution in [3.05, 3.63) is 44.3 Å². The molecule has 1 aliphatic carbocycles. The Balaban J connectivity index is 1.57. The standard InChI is InChI=1S/C26H27NO7S2/c1-6-27-21(28)17-18(22(27)29)20-16-12-10-14(24(31)33-8-3)36-26(12,5)25(4)11(15(16)19(17)34-20)9-13(35-25)23(30)32-7-2/h9-10,17-20H,6-8H2,1-5H3/t17-,18+,19+,20-,25?,26?. The first-order valence-corrected chi connectivity index (χ1v) is 13.9.